The third kappa shape index (κ3) is 4.35. The van der Waals surface area contributed by atoms with Crippen LogP contribution < -0.4 is 11.0 Å². The molecule has 27 heavy (non-hydrogen) atoms. The number of aryl methyl sites for hydroxylation is 1. The quantitative estimate of drug-likeness (QED) is 0.721. The third-order valence-corrected chi connectivity index (χ3v) is 3.96. The van der Waals surface area contributed by atoms with Crippen LogP contribution in [0.1, 0.15) is 17.8 Å². The van der Waals surface area contributed by atoms with Crippen LogP contribution >= 0.6 is 0 Å². The van der Waals surface area contributed by atoms with Crippen molar-refractivity contribution in [3.05, 3.63) is 75.8 Å². The molecule has 0 spiro atoms. The Bertz CT molecular complexity index is 1030. The van der Waals surface area contributed by atoms with E-state index in [4.69, 9.17) is 4.74 Å². The summed E-state index contributed by atoms with van der Waals surface area (Å²) in [5.41, 5.74) is 2.96. The second-order valence-electron chi connectivity index (χ2n) is 5.92. The standard InChI is InChI=1S/C19H17F2N3O3/c1-27-11-17-22-16-10-14(21)7-8-15(16)19(26)24(17)23-18(25)9-4-12-2-5-13(20)6-3-12/h2-3,5-8,10H,4,9,11H2,1H3,(H,23,25). The van der Waals surface area contributed by atoms with Gasteiger partial charge in [0, 0.05) is 19.6 Å². The normalized spacial score (nSPS) is 10.9. The number of halogens is 2. The van der Waals surface area contributed by atoms with Crippen molar-refractivity contribution in [3.8, 4) is 0 Å². The first-order valence-corrected chi connectivity index (χ1v) is 8.22. The van der Waals surface area contributed by atoms with Crippen molar-refractivity contribution in [3.63, 3.8) is 0 Å². The van der Waals surface area contributed by atoms with E-state index in [1.807, 2.05) is 0 Å². The molecule has 0 saturated carbocycles. The van der Waals surface area contributed by atoms with Gasteiger partial charge in [0.05, 0.1) is 10.9 Å². The number of fused-ring (bicyclic) bond motifs is 1. The minimum absolute atomic E-state index is 0.0417. The number of nitrogens with zero attached hydrogens (tertiary/aromatic N) is 2. The predicted octanol–water partition coefficient (Wildman–Crippen LogP) is 2.52. The summed E-state index contributed by atoms with van der Waals surface area (Å²) < 4.78 is 32.4. The zero-order valence-electron chi connectivity index (χ0n) is 14.5. The first-order chi connectivity index (χ1) is 13.0. The number of hydrogen-bond donors (Lipinski definition) is 1. The van der Waals surface area contributed by atoms with Gasteiger partial charge in [-0.3, -0.25) is 15.0 Å². The molecule has 0 bridgehead atoms. The number of rotatable bonds is 6. The topological polar surface area (TPSA) is 73.2 Å². The summed E-state index contributed by atoms with van der Waals surface area (Å²) in [6.45, 7) is -0.0417. The molecule has 1 heterocycles. The molecule has 0 unspecified atom stereocenters. The molecule has 0 aliphatic rings. The fourth-order valence-corrected chi connectivity index (χ4v) is 2.64. The molecular formula is C19H17F2N3O3. The maximum atomic E-state index is 13.4. The Balaban J connectivity index is 1.84. The van der Waals surface area contributed by atoms with E-state index >= 15 is 0 Å². The number of aromatic nitrogens is 2. The lowest BCUT2D eigenvalue weighted by Gasteiger charge is -2.14. The summed E-state index contributed by atoms with van der Waals surface area (Å²) in [5, 5.41) is 0.176. The summed E-state index contributed by atoms with van der Waals surface area (Å²) in [7, 11) is 1.42. The molecule has 1 aromatic heterocycles. The molecule has 3 rings (SSSR count). The Labute approximate surface area is 153 Å². The molecule has 0 saturated heterocycles. The summed E-state index contributed by atoms with van der Waals surface area (Å²) in [6, 6.07) is 9.45. The van der Waals surface area contributed by atoms with Crippen LogP contribution in [-0.2, 0) is 22.6 Å². The highest BCUT2D eigenvalue weighted by molar-refractivity contribution is 5.84. The molecule has 8 heteroatoms. The van der Waals surface area contributed by atoms with Gasteiger partial charge < -0.3 is 4.74 Å². The molecule has 2 aromatic carbocycles. The number of carbonyl (C=O) groups excluding carboxylic acids is 1. The minimum atomic E-state index is -0.526. The molecular weight excluding hydrogens is 356 g/mol. The summed E-state index contributed by atoms with van der Waals surface area (Å²) in [6.07, 6.45) is 0.471. The molecule has 1 N–H and O–H groups in total. The monoisotopic (exact) mass is 373 g/mol. The van der Waals surface area contributed by atoms with Gasteiger partial charge in [0.15, 0.2) is 5.82 Å². The SMILES string of the molecule is COCc1nc2cc(F)ccc2c(=O)n1NC(=O)CCc1ccc(F)cc1. The van der Waals surface area contributed by atoms with E-state index in [1.165, 1.54) is 25.3 Å². The number of methoxy groups -OCH3 is 1. The van der Waals surface area contributed by atoms with Crippen LogP contribution in [0.5, 0.6) is 0 Å². The zero-order valence-corrected chi connectivity index (χ0v) is 14.5. The van der Waals surface area contributed by atoms with Crippen molar-refractivity contribution >= 4 is 16.8 Å². The molecule has 0 atom stereocenters. The summed E-state index contributed by atoms with van der Waals surface area (Å²) in [5.74, 6) is -1.13. The van der Waals surface area contributed by atoms with Crippen molar-refractivity contribution in [2.45, 2.75) is 19.4 Å². The highest BCUT2D eigenvalue weighted by Crippen LogP contribution is 2.11. The second-order valence-corrected chi connectivity index (χ2v) is 5.92. The molecule has 1 amide bonds. The van der Waals surface area contributed by atoms with Crippen molar-refractivity contribution < 1.29 is 18.3 Å². The molecule has 0 fully saturated rings. The smallest absolute Gasteiger partial charge is 0.280 e. The van der Waals surface area contributed by atoms with Crippen LogP contribution in [0.3, 0.4) is 0 Å². The summed E-state index contributed by atoms with van der Waals surface area (Å²) in [4.78, 5) is 29.2. The Morgan fingerprint density at radius 3 is 2.56 bits per heavy atom. The Hall–Kier alpha value is -3.13. The van der Waals surface area contributed by atoms with E-state index in [1.54, 1.807) is 12.1 Å². The lowest BCUT2D eigenvalue weighted by atomic mass is 10.1. The van der Waals surface area contributed by atoms with Crippen molar-refractivity contribution in [2.75, 3.05) is 12.5 Å². The minimum Gasteiger partial charge on any atom is -0.377 e. The van der Waals surface area contributed by atoms with Crippen LogP contribution in [0.2, 0.25) is 0 Å². The molecule has 0 aliphatic carbocycles. The number of ether oxygens (including phenoxy) is 1. The predicted molar refractivity (Wildman–Crippen MR) is 95.8 cm³/mol. The molecule has 140 valence electrons. The first kappa shape index (κ1) is 18.7. The van der Waals surface area contributed by atoms with Gasteiger partial charge in [0.2, 0.25) is 5.91 Å². The van der Waals surface area contributed by atoms with Gasteiger partial charge in [-0.15, -0.1) is 0 Å². The van der Waals surface area contributed by atoms with Crippen LogP contribution in [0.25, 0.3) is 10.9 Å². The number of amides is 1. The average Bonchev–Trinajstić information content (AvgIpc) is 2.64. The zero-order chi connectivity index (χ0) is 19.4. The number of nitrogens with one attached hydrogen (secondary N) is 1. The Morgan fingerprint density at radius 1 is 1.15 bits per heavy atom. The van der Waals surface area contributed by atoms with Gasteiger partial charge >= 0.3 is 0 Å². The number of benzene rings is 2. The Kier molecular flexibility index (Phi) is 5.56. The van der Waals surface area contributed by atoms with Crippen molar-refractivity contribution in [1.82, 2.24) is 9.66 Å². The van der Waals surface area contributed by atoms with Crippen molar-refractivity contribution in [2.24, 2.45) is 0 Å². The summed E-state index contributed by atoms with van der Waals surface area (Å²) >= 11 is 0. The van der Waals surface area contributed by atoms with Gasteiger partial charge in [0.1, 0.15) is 18.2 Å². The maximum absolute atomic E-state index is 13.4. The fraction of sp³-hybridized carbons (Fsp3) is 0.211. The molecule has 0 aliphatic heterocycles. The van der Waals surface area contributed by atoms with E-state index in [9.17, 15) is 18.4 Å². The van der Waals surface area contributed by atoms with E-state index in [-0.39, 0.29) is 35.6 Å². The van der Waals surface area contributed by atoms with Gasteiger partial charge in [0.25, 0.3) is 5.56 Å². The van der Waals surface area contributed by atoms with E-state index in [0.29, 0.717) is 6.42 Å². The number of hydrogen-bond acceptors (Lipinski definition) is 4. The van der Waals surface area contributed by atoms with E-state index in [0.717, 1.165) is 22.4 Å². The van der Waals surface area contributed by atoms with Gasteiger partial charge in [-0.05, 0) is 36.2 Å². The van der Waals surface area contributed by atoms with Gasteiger partial charge in [-0.1, -0.05) is 12.1 Å². The molecule has 0 radical (unpaired) electrons. The van der Waals surface area contributed by atoms with E-state index in [2.05, 4.69) is 10.4 Å². The lowest BCUT2D eigenvalue weighted by Crippen LogP contribution is -2.36. The van der Waals surface area contributed by atoms with Crippen LogP contribution in [0, 0.1) is 11.6 Å². The Morgan fingerprint density at radius 2 is 1.85 bits per heavy atom. The fourth-order valence-electron chi connectivity index (χ4n) is 2.64. The van der Waals surface area contributed by atoms with Crippen LogP contribution in [0.15, 0.2) is 47.3 Å². The van der Waals surface area contributed by atoms with Gasteiger partial charge in [-0.2, -0.15) is 4.68 Å². The van der Waals surface area contributed by atoms with Gasteiger partial charge in [-0.25, -0.2) is 13.8 Å². The third-order valence-electron chi connectivity index (χ3n) is 3.96. The van der Waals surface area contributed by atoms with Crippen LogP contribution in [-0.4, -0.2) is 22.7 Å². The second kappa shape index (κ2) is 8.05. The molecule has 3 aromatic rings. The highest BCUT2D eigenvalue weighted by Gasteiger charge is 2.14. The maximum Gasteiger partial charge on any atom is 0.280 e. The lowest BCUT2D eigenvalue weighted by molar-refractivity contribution is -0.117. The van der Waals surface area contributed by atoms with E-state index < -0.39 is 17.3 Å². The molecule has 6 nitrogen and oxygen atoms in total. The highest BCUT2D eigenvalue weighted by atomic mass is 19.1. The first-order valence-electron chi connectivity index (χ1n) is 8.22. The van der Waals surface area contributed by atoms with Crippen LogP contribution in [0.4, 0.5) is 8.78 Å². The number of carbonyl (C=O) groups is 1. The van der Waals surface area contributed by atoms with Crippen molar-refractivity contribution in [1.29, 1.82) is 0 Å². The largest absolute Gasteiger partial charge is 0.377 e. The average molecular weight is 373 g/mol.